The van der Waals surface area contributed by atoms with E-state index in [0.717, 1.165) is 35.3 Å². The van der Waals surface area contributed by atoms with Crippen LogP contribution in [0.15, 0.2) is 18.2 Å². The maximum atomic E-state index is 13.7. The number of fused-ring (bicyclic) bond motifs is 1. The third-order valence-electron chi connectivity index (χ3n) is 3.63. The Balaban J connectivity index is 1.92. The molecule has 0 radical (unpaired) electrons. The summed E-state index contributed by atoms with van der Waals surface area (Å²) in [6.45, 7) is 1.80. The minimum Gasteiger partial charge on any atom is -0.312 e. The number of nitriles is 1. The summed E-state index contributed by atoms with van der Waals surface area (Å²) in [6.07, 6.45) is 2.88. The summed E-state index contributed by atoms with van der Waals surface area (Å²) >= 11 is 1.43. The molecule has 21 heavy (non-hydrogen) atoms. The lowest BCUT2D eigenvalue weighted by Crippen LogP contribution is -2.14. The van der Waals surface area contributed by atoms with Crippen molar-refractivity contribution < 1.29 is 9.18 Å². The van der Waals surface area contributed by atoms with E-state index in [2.05, 4.69) is 11.4 Å². The van der Waals surface area contributed by atoms with Crippen LogP contribution in [0.5, 0.6) is 0 Å². The number of carbonyl (C=O) groups excluding carboxylic acids is 1. The molecule has 0 saturated heterocycles. The van der Waals surface area contributed by atoms with Crippen molar-refractivity contribution in [3.05, 3.63) is 51.1 Å². The highest BCUT2D eigenvalue weighted by molar-refractivity contribution is 7.16. The van der Waals surface area contributed by atoms with E-state index < -0.39 is 11.7 Å². The van der Waals surface area contributed by atoms with Crippen molar-refractivity contribution in [3.8, 4) is 6.07 Å². The van der Waals surface area contributed by atoms with Gasteiger partial charge in [-0.15, -0.1) is 11.3 Å². The molecule has 3 rings (SSSR count). The molecule has 1 aliphatic carbocycles. The quantitative estimate of drug-likeness (QED) is 0.917. The van der Waals surface area contributed by atoms with Crippen molar-refractivity contribution in [3.63, 3.8) is 0 Å². The fourth-order valence-electron chi connectivity index (χ4n) is 2.59. The first-order chi connectivity index (χ1) is 10.1. The molecule has 1 N–H and O–H groups in total. The molecule has 3 nitrogen and oxygen atoms in total. The number of nitrogens with one attached hydrogen (secondary N) is 1. The summed E-state index contributed by atoms with van der Waals surface area (Å²) in [5.41, 5.74) is 2.40. The third kappa shape index (κ3) is 2.43. The predicted octanol–water partition coefficient (Wildman–Crippen LogP) is 3.81. The van der Waals surface area contributed by atoms with Crippen molar-refractivity contribution in [1.29, 1.82) is 5.26 Å². The summed E-state index contributed by atoms with van der Waals surface area (Å²) < 4.78 is 13.7. The fourth-order valence-corrected chi connectivity index (χ4v) is 3.83. The van der Waals surface area contributed by atoms with Gasteiger partial charge in [-0.3, -0.25) is 4.79 Å². The largest absolute Gasteiger partial charge is 0.312 e. The molecule has 0 saturated carbocycles. The monoisotopic (exact) mass is 300 g/mol. The van der Waals surface area contributed by atoms with Crippen LogP contribution in [0.25, 0.3) is 0 Å². The van der Waals surface area contributed by atoms with Crippen LogP contribution in [0.2, 0.25) is 0 Å². The first kappa shape index (κ1) is 13.8. The smallest absolute Gasteiger partial charge is 0.259 e. The van der Waals surface area contributed by atoms with Crippen LogP contribution < -0.4 is 5.32 Å². The highest BCUT2D eigenvalue weighted by atomic mass is 32.1. The maximum absolute atomic E-state index is 13.7. The van der Waals surface area contributed by atoms with Crippen molar-refractivity contribution in [2.45, 2.75) is 26.2 Å². The zero-order valence-electron chi connectivity index (χ0n) is 11.5. The number of benzene rings is 1. The topological polar surface area (TPSA) is 52.9 Å². The summed E-state index contributed by atoms with van der Waals surface area (Å²) in [6, 6.07) is 6.57. The van der Waals surface area contributed by atoms with Gasteiger partial charge < -0.3 is 5.32 Å². The van der Waals surface area contributed by atoms with Crippen molar-refractivity contribution in [2.24, 2.45) is 0 Å². The Morgan fingerprint density at radius 3 is 3.00 bits per heavy atom. The van der Waals surface area contributed by atoms with Crippen molar-refractivity contribution >= 4 is 22.2 Å². The SMILES string of the molecule is Cc1ccc(F)c(C(=O)Nc2sc3c(c2C#N)CCC3)c1. The Morgan fingerprint density at radius 1 is 1.43 bits per heavy atom. The summed E-state index contributed by atoms with van der Waals surface area (Å²) in [4.78, 5) is 13.4. The molecular formula is C16H13FN2OS. The molecule has 0 aliphatic heterocycles. The number of nitrogens with zero attached hydrogens (tertiary/aromatic N) is 1. The molecule has 1 aliphatic rings. The minimum atomic E-state index is -0.555. The van der Waals surface area contributed by atoms with Crippen LogP contribution in [-0.2, 0) is 12.8 Å². The second kappa shape index (κ2) is 5.30. The van der Waals surface area contributed by atoms with Crippen LogP contribution in [0.3, 0.4) is 0 Å². The molecule has 0 spiro atoms. The average Bonchev–Trinajstić information content (AvgIpc) is 3.01. The Morgan fingerprint density at radius 2 is 2.24 bits per heavy atom. The summed E-state index contributed by atoms with van der Waals surface area (Å²) in [5.74, 6) is -1.06. The lowest BCUT2D eigenvalue weighted by molar-refractivity contribution is 0.102. The molecule has 1 heterocycles. The number of hydrogen-bond donors (Lipinski definition) is 1. The van der Waals surface area contributed by atoms with E-state index in [0.29, 0.717) is 10.6 Å². The van der Waals surface area contributed by atoms with Gasteiger partial charge in [0.25, 0.3) is 5.91 Å². The Hall–Kier alpha value is -2.19. The van der Waals surface area contributed by atoms with Crippen LogP contribution in [0, 0.1) is 24.1 Å². The average molecular weight is 300 g/mol. The summed E-state index contributed by atoms with van der Waals surface area (Å²) in [7, 11) is 0. The van der Waals surface area contributed by atoms with Crippen molar-refractivity contribution in [1.82, 2.24) is 0 Å². The van der Waals surface area contributed by atoms with E-state index in [1.165, 1.54) is 23.5 Å². The van der Waals surface area contributed by atoms with E-state index in [4.69, 9.17) is 0 Å². The number of aryl methyl sites for hydroxylation is 2. The van der Waals surface area contributed by atoms with Gasteiger partial charge in [0.05, 0.1) is 11.1 Å². The van der Waals surface area contributed by atoms with Gasteiger partial charge in [0.15, 0.2) is 0 Å². The molecule has 5 heteroatoms. The van der Waals surface area contributed by atoms with Crippen LogP contribution in [0.4, 0.5) is 9.39 Å². The highest BCUT2D eigenvalue weighted by Gasteiger charge is 2.24. The predicted molar refractivity (Wildman–Crippen MR) is 80.1 cm³/mol. The third-order valence-corrected chi connectivity index (χ3v) is 4.83. The molecule has 106 valence electrons. The number of rotatable bonds is 2. The number of anilines is 1. The van der Waals surface area contributed by atoms with E-state index >= 15 is 0 Å². The molecule has 1 aromatic heterocycles. The number of carbonyl (C=O) groups is 1. The lowest BCUT2D eigenvalue weighted by atomic mass is 10.1. The van der Waals surface area contributed by atoms with E-state index in [1.807, 2.05) is 0 Å². The van der Waals surface area contributed by atoms with Crippen LogP contribution in [0.1, 0.15) is 38.3 Å². The molecule has 2 aromatic rings. The number of amides is 1. The number of thiophene rings is 1. The Kier molecular flexibility index (Phi) is 3.48. The van der Waals surface area contributed by atoms with E-state index in [9.17, 15) is 14.4 Å². The van der Waals surface area contributed by atoms with Gasteiger partial charge in [-0.05, 0) is 43.9 Å². The summed E-state index contributed by atoms with van der Waals surface area (Å²) in [5, 5.41) is 12.5. The van der Waals surface area contributed by atoms with Gasteiger partial charge in [-0.25, -0.2) is 4.39 Å². The van der Waals surface area contributed by atoms with Gasteiger partial charge in [0.1, 0.15) is 16.9 Å². The first-order valence-electron chi connectivity index (χ1n) is 6.72. The van der Waals surface area contributed by atoms with Crippen LogP contribution >= 0.6 is 11.3 Å². The zero-order chi connectivity index (χ0) is 15.0. The fraction of sp³-hybridized carbons (Fsp3) is 0.250. The van der Waals surface area contributed by atoms with Gasteiger partial charge in [-0.2, -0.15) is 5.26 Å². The van der Waals surface area contributed by atoms with E-state index in [-0.39, 0.29) is 5.56 Å². The van der Waals surface area contributed by atoms with Gasteiger partial charge in [0.2, 0.25) is 0 Å². The molecular weight excluding hydrogens is 287 g/mol. The molecule has 0 atom stereocenters. The van der Waals surface area contributed by atoms with E-state index in [1.54, 1.807) is 13.0 Å². The Bertz CT molecular complexity index is 773. The Labute approximate surface area is 126 Å². The molecule has 1 aromatic carbocycles. The number of halogens is 1. The molecule has 0 fully saturated rings. The number of hydrogen-bond acceptors (Lipinski definition) is 3. The van der Waals surface area contributed by atoms with Gasteiger partial charge >= 0.3 is 0 Å². The standard InChI is InChI=1S/C16H13FN2OS/c1-9-5-6-13(17)11(7-9)15(20)19-16-12(8-18)10-3-2-4-14(10)21-16/h5-7H,2-4H2,1H3,(H,19,20). The zero-order valence-corrected chi connectivity index (χ0v) is 12.3. The lowest BCUT2D eigenvalue weighted by Gasteiger charge is -2.06. The van der Waals surface area contributed by atoms with Gasteiger partial charge in [0, 0.05) is 4.88 Å². The minimum absolute atomic E-state index is 0.00690. The molecule has 0 unspecified atom stereocenters. The molecule has 0 bridgehead atoms. The molecule has 1 amide bonds. The second-order valence-electron chi connectivity index (χ2n) is 5.11. The second-order valence-corrected chi connectivity index (χ2v) is 6.22. The highest BCUT2D eigenvalue weighted by Crippen LogP contribution is 2.38. The first-order valence-corrected chi connectivity index (χ1v) is 7.54. The van der Waals surface area contributed by atoms with Crippen molar-refractivity contribution in [2.75, 3.05) is 5.32 Å². The van der Waals surface area contributed by atoms with Gasteiger partial charge in [-0.1, -0.05) is 11.6 Å². The maximum Gasteiger partial charge on any atom is 0.259 e. The van der Waals surface area contributed by atoms with Crippen LogP contribution in [-0.4, -0.2) is 5.91 Å². The normalized spacial score (nSPS) is 12.8.